The molecule has 3 nitrogen and oxygen atoms in total. The zero-order valence-corrected chi connectivity index (χ0v) is 11.2. The number of rotatable bonds is 2. The van der Waals surface area contributed by atoms with Crippen LogP contribution in [-0.4, -0.2) is 39.9 Å². The summed E-state index contributed by atoms with van der Waals surface area (Å²) >= 11 is 12.0. The molecule has 17 heavy (non-hydrogen) atoms. The van der Waals surface area contributed by atoms with Crippen LogP contribution in [0.1, 0.15) is 19.8 Å². The highest BCUT2D eigenvalue weighted by molar-refractivity contribution is 6.58. The lowest BCUT2D eigenvalue weighted by Crippen LogP contribution is -2.43. The Kier molecular flexibility index (Phi) is 2.52. The number of carbonyl (C=O) groups excluding carboxylic acids is 1. The predicted molar refractivity (Wildman–Crippen MR) is 66.2 cm³/mol. The van der Waals surface area contributed by atoms with Crippen LogP contribution in [0.3, 0.4) is 0 Å². The third-order valence-electron chi connectivity index (χ3n) is 4.09. The second-order valence-corrected chi connectivity index (χ2v) is 6.63. The third kappa shape index (κ3) is 1.63. The fraction of sp³-hybridized carbons (Fsp3) is 0.750. The molecule has 94 valence electrons. The highest BCUT2D eigenvalue weighted by Gasteiger charge is 2.57. The van der Waals surface area contributed by atoms with Gasteiger partial charge in [0.1, 0.15) is 5.60 Å². The average Bonchev–Trinajstić information content (AvgIpc) is 2.93. The maximum Gasteiger partial charge on any atom is 0.259 e. The number of fused-ring (bicyclic) bond motifs is 1. The first-order valence-electron chi connectivity index (χ1n) is 6.01. The molecular weight excluding hydrogens is 261 g/mol. The van der Waals surface area contributed by atoms with Gasteiger partial charge in [0, 0.05) is 12.5 Å². The van der Waals surface area contributed by atoms with Crippen molar-refractivity contribution in [2.75, 3.05) is 13.1 Å². The molecule has 2 saturated heterocycles. The average molecular weight is 276 g/mol. The van der Waals surface area contributed by atoms with Crippen molar-refractivity contribution in [1.29, 1.82) is 0 Å². The van der Waals surface area contributed by atoms with Gasteiger partial charge in [0.2, 0.25) is 0 Å². The Balaban J connectivity index is 1.77. The van der Waals surface area contributed by atoms with Gasteiger partial charge in [0.05, 0.1) is 12.6 Å². The van der Waals surface area contributed by atoms with E-state index in [-0.39, 0.29) is 17.6 Å². The van der Waals surface area contributed by atoms with Crippen LogP contribution < -0.4 is 0 Å². The zero-order valence-electron chi connectivity index (χ0n) is 9.66. The van der Waals surface area contributed by atoms with E-state index in [2.05, 4.69) is 12.2 Å². The van der Waals surface area contributed by atoms with Crippen LogP contribution in [0, 0.1) is 5.92 Å². The van der Waals surface area contributed by atoms with Crippen molar-refractivity contribution in [3.63, 3.8) is 0 Å². The van der Waals surface area contributed by atoms with E-state index < -0.39 is 4.33 Å². The third-order valence-corrected chi connectivity index (χ3v) is 4.95. The molecule has 3 heterocycles. The van der Waals surface area contributed by atoms with Crippen molar-refractivity contribution in [1.82, 2.24) is 4.90 Å². The Hall–Kier alpha value is -0.250. The normalized spacial score (nSPS) is 38.9. The summed E-state index contributed by atoms with van der Waals surface area (Å²) < 4.78 is 4.62. The Morgan fingerprint density at radius 1 is 1.65 bits per heavy atom. The van der Waals surface area contributed by atoms with Crippen LogP contribution in [0.2, 0.25) is 0 Å². The summed E-state index contributed by atoms with van der Waals surface area (Å²) in [5.74, 6) is 0.218. The first-order valence-corrected chi connectivity index (χ1v) is 6.77. The summed E-state index contributed by atoms with van der Waals surface area (Å²) in [6.07, 6.45) is 5.88. The maximum absolute atomic E-state index is 12.2. The quantitative estimate of drug-likeness (QED) is 0.571. The molecule has 0 radical (unpaired) electrons. The largest absolute Gasteiger partial charge is 0.361 e. The number of hydrogen-bond donors (Lipinski definition) is 0. The summed E-state index contributed by atoms with van der Waals surface area (Å²) in [5.41, 5.74) is -0.252. The van der Waals surface area contributed by atoms with Gasteiger partial charge in [0.25, 0.3) is 5.91 Å². The van der Waals surface area contributed by atoms with Crippen LogP contribution in [0.15, 0.2) is 12.2 Å². The van der Waals surface area contributed by atoms with Crippen molar-refractivity contribution in [2.45, 2.75) is 35.8 Å². The molecule has 2 fully saturated rings. The summed E-state index contributed by atoms with van der Waals surface area (Å²) in [6, 6.07) is 0. The fourth-order valence-corrected chi connectivity index (χ4v) is 3.32. The van der Waals surface area contributed by atoms with Crippen LogP contribution in [0.25, 0.3) is 0 Å². The van der Waals surface area contributed by atoms with Crippen molar-refractivity contribution in [2.24, 2.45) is 5.92 Å². The standard InChI is InChI=1S/C12H15Cl2NO2/c1-2-12(13,14)10(16)15-6-8-5-9-3-4-11(8,7-15)17-9/h3-4,8-9H,2,5-7H2,1H3/t8-,9+,11+/m1/s1. The van der Waals surface area contributed by atoms with Crippen LogP contribution in [0.5, 0.6) is 0 Å². The Bertz CT molecular complexity index is 396. The van der Waals surface area contributed by atoms with Gasteiger partial charge < -0.3 is 9.64 Å². The molecule has 0 saturated carbocycles. The van der Waals surface area contributed by atoms with Crippen molar-refractivity contribution in [3.05, 3.63) is 12.2 Å². The van der Waals surface area contributed by atoms with E-state index in [0.717, 1.165) is 6.42 Å². The number of alkyl halides is 2. The number of nitrogens with zero attached hydrogens (tertiary/aromatic N) is 1. The monoisotopic (exact) mass is 275 g/mol. The smallest absolute Gasteiger partial charge is 0.259 e. The molecule has 1 amide bonds. The molecule has 1 spiro atoms. The number of hydrogen-bond acceptors (Lipinski definition) is 2. The van der Waals surface area contributed by atoms with E-state index in [1.165, 1.54) is 0 Å². The van der Waals surface area contributed by atoms with Crippen LogP contribution >= 0.6 is 23.2 Å². The number of likely N-dealkylation sites (tertiary alicyclic amines) is 1. The molecule has 0 aromatic carbocycles. The Morgan fingerprint density at radius 2 is 2.41 bits per heavy atom. The topological polar surface area (TPSA) is 29.5 Å². The SMILES string of the molecule is CCC(Cl)(Cl)C(=O)N1C[C@H]2C[C@@H]3C=C[C@@]2(C1)O3. The first-order chi connectivity index (χ1) is 7.97. The van der Waals surface area contributed by atoms with Crippen molar-refractivity contribution < 1.29 is 9.53 Å². The van der Waals surface area contributed by atoms with Gasteiger partial charge in [-0.15, -0.1) is 0 Å². The fourth-order valence-electron chi connectivity index (χ4n) is 3.08. The zero-order chi connectivity index (χ0) is 12.3. The minimum absolute atomic E-state index is 0.187. The summed E-state index contributed by atoms with van der Waals surface area (Å²) in [4.78, 5) is 13.9. The van der Waals surface area contributed by atoms with Gasteiger partial charge in [0.15, 0.2) is 4.33 Å². The van der Waals surface area contributed by atoms with Gasteiger partial charge in [-0.1, -0.05) is 42.3 Å². The summed E-state index contributed by atoms with van der Waals surface area (Å²) in [7, 11) is 0. The molecule has 3 atom stereocenters. The van der Waals surface area contributed by atoms with Crippen molar-refractivity contribution >= 4 is 29.1 Å². The van der Waals surface area contributed by atoms with E-state index in [1.807, 2.05) is 6.92 Å². The lowest BCUT2D eigenvalue weighted by Gasteiger charge is -2.26. The van der Waals surface area contributed by atoms with Crippen molar-refractivity contribution in [3.8, 4) is 0 Å². The molecule has 0 N–H and O–H groups in total. The molecule has 5 heteroatoms. The lowest BCUT2D eigenvalue weighted by molar-refractivity contribution is -0.132. The minimum Gasteiger partial charge on any atom is -0.361 e. The maximum atomic E-state index is 12.2. The molecule has 0 aliphatic carbocycles. The Labute approximate surface area is 111 Å². The summed E-state index contributed by atoms with van der Waals surface area (Å²) in [6.45, 7) is 3.11. The number of ether oxygens (including phenoxy) is 1. The van der Waals surface area contributed by atoms with Gasteiger partial charge >= 0.3 is 0 Å². The molecule has 0 aromatic rings. The molecular formula is C12H15Cl2NO2. The second-order valence-electron chi connectivity index (χ2n) is 5.15. The molecule has 2 bridgehead atoms. The van der Waals surface area contributed by atoms with E-state index in [1.54, 1.807) is 4.90 Å². The summed E-state index contributed by atoms with van der Waals surface area (Å²) in [5, 5.41) is 0. The van der Waals surface area contributed by atoms with Crippen LogP contribution in [-0.2, 0) is 9.53 Å². The lowest BCUT2D eigenvalue weighted by atomic mass is 9.86. The molecule has 3 aliphatic rings. The van der Waals surface area contributed by atoms with Gasteiger partial charge in [-0.05, 0) is 12.8 Å². The van der Waals surface area contributed by atoms with Gasteiger partial charge in [-0.3, -0.25) is 4.79 Å². The Morgan fingerprint density at radius 3 is 3.00 bits per heavy atom. The van der Waals surface area contributed by atoms with E-state index in [9.17, 15) is 4.79 Å². The second kappa shape index (κ2) is 3.62. The first kappa shape index (κ1) is 11.8. The molecule has 3 rings (SSSR count). The van der Waals surface area contributed by atoms with E-state index in [4.69, 9.17) is 27.9 Å². The predicted octanol–water partition coefficient (Wildman–Crippen LogP) is 2.13. The molecule has 0 unspecified atom stereocenters. The number of halogens is 2. The highest BCUT2D eigenvalue weighted by Crippen LogP contribution is 2.48. The molecule has 0 aromatic heterocycles. The van der Waals surface area contributed by atoms with Crippen LogP contribution in [0.4, 0.5) is 0 Å². The van der Waals surface area contributed by atoms with E-state index in [0.29, 0.717) is 25.4 Å². The molecule has 3 aliphatic heterocycles. The minimum atomic E-state index is -1.29. The van der Waals surface area contributed by atoms with Gasteiger partial charge in [-0.2, -0.15) is 0 Å². The number of amides is 1. The van der Waals surface area contributed by atoms with Gasteiger partial charge in [-0.25, -0.2) is 0 Å². The number of carbonyl (C=O) groups is 1. The van der Waals surface area contributed by atoms with E-state index >= 15 is 0 Å². The highest BCUT2D eigenvalue weighted by atomic mass is 35.5.